The molecule has 0 spiro atoms. The quantitative estimate of drug-likeness (QED) is 0.282. The fraction of sp³-hybridized carbons (Fsp3) is 0.360. The lowest BCUT2D eigenvalue weighted by atomic mass is 10.1. The third-order valence-corrected chi connectivity index (χ3v) is 5.29. The average molecular weight is 549 g/mol. The summed E-state index contributed by atoms with van der Waals surface area (Å²) in [7, 11) is 8.52. The lowest BCUT2D eigenvalue weighted by molar-refractivity contribution is -0.123. The minimum atomic E-state index is -0.616. The van der Waals surface area contributed by atoms with Crippen LogP contribution in [-0.4, -0.2) is 66.3 Å². The van der Waals surface area contributed by atoms with E-state index in [4.69, 9.17) is 28.4 Å². The van der Waals surface area contributed by atoms with Crippen LogP contribution in [0.3, 0.4) is 0 Å². The lowest BCUT2D eigenvalue weighted by Gasteiger charge is -2.14. The molecule has 0 heterocycles. The summed E-state index contributed by atoms with van der Waals surface area (Å²) in [6.07, 6.45) is 0.0192. The van der Waals surface area contributed by atoms with E-state index in [1.165, 1.54) is 66.9 Å². The predicted octanol–water partition coefficient (Wildman–Crippen LogP) is 1.13. The zero-order chi connectivity index (χ0) is 28.9. The molecular weight excluding hydrogens is 516 g/mol. The molecule has 14 heteroatoms. The summed E-state index contributed by atoms with van der Waals surface area (Å²) in [5.41, 5.74) is 9.44. The maximum absolute atomic E-state index is 12.4. The Hall–Kier alpha value is -4.88. The molecule has 212 valence electrons. The highest BCUT2D eigenvalue weighted by atomic mass is 16.5. The third kappa shape index (κ3) is 8.05. The number of hydrazine groups is 2. The van der Waals surface area contributed by atoms with Gasteiger partial charge in [-0.25, -0.2) is 0 Å². The van der Waals surface area contributed by atoms with Crippen molar-refractivity contribution >= 4 is 23.6 Å². The highest BCUT2D eigenvalue weighted by molar-refractivity contribution is 5.97. The third-order valence-electron chi connectivity index (χ3n) is 5.29. The van der Waals surface area contributed by atoms with E-state index in [1.807, 2.05) is 0 Å². The molecule has 2 aromatic rings. The van der Waals surface area contributed by atoms with Gasteiger partial charge in [0.25, 0.3) is 11.8 Å². The topological polar surface area (TPSA) is 172 Å². The summed E-state index contributed by atoms with van der Waals surface area (Å²) in [6, 6.07) is 5.72. The van der Waals surface area contributed by atoms with Gasteiger partial charge in [-0.05, 0) is 30.7 Å². The van der Waals surface area contributed by atoms with Crippen LogP contribution in [0.4, 0.5) is 0 Å². The maximum atomic E-state index is 12.4. The van der Waals surface area contributed by atoms with Gasteiger partial charge in [-0.1, -0.05) is 0 Å². The summed E-state index contributed by atoms with van der Waals surface area (Å²) < 4.78 is 31.3. The van der Waals surface area contributed by atoms with Gasteiger partial charge in [0.15, 0.2) is 23.0 Å². The molecule has 2 aromatic carbocycles. The Kier molecular flexibility index (Phi) is 11.5. The molecule has 2 rings (SSSR count). The van der Waals surface area contributed by atoms with Crippen LogP contribution in [-0.2, 0) is 9.59 Å². The van der Waals surface area contributed by atoms with Crippen LogP contribution in [0.1, 0.15) is 40.0 Å². The number of nitrogens with one attached hydrogen (secondary N) is 4. The normalized spacial score (nSPS) is 10.0. The van der Waals surface area contributed by atoms with Gasteiger partial charge < -0.3 is 28.4 Å². The molecule has 0 aliphatic heterocycles. The molecule has 0 radical (unpaired) electrons. The second kappa shape index (κ2) is 14.8. The SMILES string of the molecule is COc1cc(C(=O)NNC(=O)CCCC(=O)NNC(=O)c2cc(OC)c(OC)c(OC)c2)cc(OC)c1OC. The summed E-state index contributed by atoms with van der Waals surface area (Å²) in [6.45, 7) is 0. The van der Waals surface area contributed by atoms with Crippen LogP contribution in [0.15, 0.2) is 24.3 Å². The number of amides is 4. The number of hydrogen-bond acceptors (Lipinski definition) is 10. The molecule has 0 saturated heterocycles. The molecule has 4 amide bonds. The summed E-state index contributed by atoms with van der Waals surface area (Å²) in [5, 5.41) is 0. The van der Waals surface area contributed by atoms with E-state index in [2.05, 4.69) is 21.7 Å². The highest BCUT2D eigenvalue weighted by Gasteiger charge is 2.19. The summed E-state index contributed by atoms with van der Waals surface area (Å²) >= 11 is 0. The average Bonchev–Trinajstić information content (AvgIpc) is 2.96. The smallest absolute Gasteiger partial charge is 0.269 e. The van der Waals surface area contributed by atoms with Crippen LogP contribution in [0, 0.1) is 0 Å². The van der Waals surface area contributed by atoms with Crippen molar-refractivity contribution in [1.29, 1.82) is 0 Å². The van der Waals surface area contributed by atoms with E-state index in [0.717, 1.165) is 0 Å². The van der Waals surface area contributed by atoms with Crippen molar-refractivity contribution in [3.05, 3.63) is 35.4 Å². The van der Waals surface area contributed by atoms with Crippen molar-refractivity contribution in [2.24, 2.45) is 0 Å². The van der Waals surface area contributed by atoms with Gasteiger partial charge in [0, 0.05) is 24.0 Å². The van der Waals surface area contributed by atoms with Gasteiger partial charge in [0.1, 0.15) is 0 Å². The zero-order valence-corrected chi connectivity index (χ0v) is 22.5. The van der Waals surface area contributed by atoms with Crippen LogP contribution in [0.25, 0.3) is 0 Å². The minimum Gasteiger partial charge on any atom is -0.493 e. The molecule has 0 fully saturated rings. The highest BCUT2D eigenvalue weighted by Crippen LogP contribution is 2.39. The fourth-order valence-electron chi connectivity index (χ4n) is 3.36. The van der Waals surface area contributed by atoms with Crippen molar-refractivity contribution in [2.75, 3.05) is 42.7 Å². The van der Waals surface area contributed by atoms with E-state index in [9.17, 15) is 19.2 Å². The monoisotopic (exact) mass is 548 g/mol. The molecule has 0 aliphatic rings. The number of carbonyl (C=O) groups excluding carboxylic acids is 4. The second-order valence-corrected chi connectivity index (χ2v) is 7.69. The minimum absolute atomic E-state index is 0.0657. The van der Waals surface area contributed by atoms with Crippen LogP contribution < -0.4 is 50.1 Å². The molecule has 0 aromatic heterocycles. The molecule has 0 bridgehead atoms. The Balaban J connectivity index is 1.80. The Morgan fingerprint density at radius 2 is 0.821 bits per heavy atom. The summed E-state index contributed by atoms with van der Waals surface area (Å²) in [4.78, 5) is 49.1. The van der Waals surface area contributed by atoms with E-state index in [0.29, 0.717) is 11.5 Å². The first-order valence-electron chi connectivity index (χ1n) is 11.5. The van der Waals surface area contributed by atoms with Gasteiger partial charge in [-0.15, -0.1) is 0 Å². The number of ether oxygens (including phenoxy) is 6. The number of carbonyl (C=O) groups is 4. The van der Waals surface area contributed by atoms with Crippen LogP contribution in [0.5, 0.6) is 34.5 Å². The largest absolute Gasteiger partial charge is 0.493 e. The predicted molar refractivity (Wildman–Crippen MR) is 137 cm³/mol. The van der Waals surface area contributed by atoms with Crippen molar-refractivity contribution < 1.29 is 47.6 Å². The molecule has 0 atom stereocenters. The van der Waals surface area contributed by atoms with Gasteiger partial charge in [-0.3, -0.25) is 40.9 Å². The van der Waals surface area contributed by atoms with Gasteiger partial charge in [0.05, 0.1) is 42.7 Å². The zero-order valence-electron chi connectivity index (χ0n) is 22.5. The van der Waals surface area contributed by atoms with Crippen molar-refractivity contribution in [3.63, 3.8) is 0 Å². The first-order chi connectivity index (χ1) is 18.7. The Morgan fingerprint density at radius 3 is 1.08 bits per heavy atom. The molecule has 0 aliphatic carbocycles. The Labute approximate surface area is 225 Å². The first-order valence-corrected chi connectivity index (χ1v) is 11.5. The lowest BCUT2D eigenvalue weighted by Crippen LogP contribution is -2.42. The van der Waals surface area contributed by atoms with Gasteiger partial charge in [-0.2, -0.15) is 0 Å². The van der Waals surface area contributed by atoms with Crippen molar-refractivity contribution in [2.45, 2.75) is 19.3 Å². The van der Waals surface area contributed by atoms with Crippen LogP contribution in [0.2, 0.25) is 0 Å². The molecule has 0 saturated carbocycles. The standard InChI is InChI=1S/C25H32N4O10/c1-34-16-10-14(11-17(35-2)22(16)38-5)24(32)28-26-20(30)8-7-9-21(31)27-29-25(33)15-12-18(36-3)23(39-6)19(13-15)37-4/h10-13H,7-9H2,1-6H3,(H,26,30)(H,27,31)(H,28,32)(H,29,33). The van der Waals surface area contributed by atoms with Crippen molar-refractivity contribution in [3.8, 4) is 34.5 Å². The number of methoxy groups -OCH3 is 6. The molecule has 14 nitrogen and oxygen atoms in total. The van der Waals surface area contributed by atoms with Gasteiger partial charge >= 0.3 is 0 Å². The van der Waals surface area contributed by atoms with Gasteiger partial charge in [0.2, 0.25) is 23.3 Å². The molecule has 0 unspecified atom stereocenters. The molecule has 4 N–H and O–H groups in total. The maximum Gasteiger partial charge on any atom is 0.269 e. The van der Waals surface area contributed by atoms with E-state index in [-0.39, 0.29) is 53.4 Å². The Bertz CT molecular complexity index is 1060. The van der Waals surface area contributed by atoms with E-state index >= 15 is 0 Å². The number of hydrogen-bond donors (Lipinski definition) is 4. The Morgan fingerprint density at radius 1 is 0.513 bits per heavy atom. The van der Waals surface area contributed by atoms with E-state index in [1.54, 1.807) is 0 Å². The van der Waals surface area contributed by atoms with Crippen LogP contribution >= 0.6 is 0 Å². The molecular formula is C25H32N4O10. The van der Waals surface area contributed by atoms with Crippen molar-refractivity contribution in [1.82, 2.24) is 21.7 Å². The summed E-state index contributed by atoms with van der Waals surface area (Å²) in [5.74, 6) is -0.543. The number of rotatable bonds is 12. The first kappa shape index (κ1) is 30.3. The fourth-order valence-corrected chi connectivity index (χ4v) is 3.36. The second-order valence-electron chi connectivity index (χ2n) is 7.69. The van der Waals surface area contributed by atoms with E-state index < -0.39 is 23.6 Å². The number of benzene rings is 2. The molecule has 39 heavy (non-hydrogen) atoms.